The smallest absolute Gasteiger partial charge is 0.265 e. The number of anilines is 2. The van der Waals surface area contributed by atoms with E-state index in [9.17, 15) is 14.4 Å². The van der Waals surface area contributed by atoms with E-state index < -0.39 is 0 Å². The van der Waals surface area contributed by atoms with Crippen LogP contribution in [0.4, 0.5) is 11.4 Å². The van der Waals surface area contributed by atoms with Gasteiger partial charge in [-0.05, 0) is 48.9 Å². The number of carbonyl (C=O) groups is 3. The van der Waals surface area contributed by atoms with Crippen molar-refractivity contribution >= 4 is 29.0 Å². The Balaban J connectivity index is 1.68. The van der Waals surface area contributed by atoms with Crippen LogP contribution in [0.15, 0.2) is 42.5 Å². The van der Waals surface area contributed by atoms with Crippen molar-refractivity contribution in [2.45, 2.75) is 33.1 Å². The van der Waals surface area contributed by atoms with Crippen LogP contribution in [-0.2, 0) is 9.59 Å². The first-order valence-electron chi connectivity index (χ1n) is 10.1. The van der Waals surface area contributed by atoms with E-state index in [-0.39, 0.29) is 30.7 Å². The molecule has 0 saturated carbocycles. The van der Waals surface area contributed by atoms with Crippen molar-refractivity contribution in [3.8, 4) is 11.5 Å². The molecule has 2 aromatic carbocycles. The summed E-state index contributed by atoms with van der Waals surface area (Å²) in [6, 6.07) is 12.0. The third-order valence-electron chi connectivity index (χ3n) is 4.75. The molecular formula is C23H26N2O5. The van der Waals surface area contributed by atoms with Gasteiger partial charge in [0.25, 0.3) is 5.91 Å². The molecule has 2 aromatic rings. The second kappa shape index (κ2) is 9.91. The lowest BCUT2D eigenvalue weighted by Gasteiger charge is -2.29. The molecule has 1 aliphatic rings. The van der Waals surface area contributed by atoms with Crippen molar-refractivity contribution in [2.75, 3.05) is 30.0 Å². The van der Waals surface area contributed by atoms with Gasteiger partial charge in [0.2, 0.25) is 5.91 Å². The van der Waals surface area contributed by atoms with Crippen LogP contribution in [0.1, 0.15) is 43.5 Å². The fourth-order valence-electron chi connectivity index (χ4n) is 3.07. The van der Waals surface area contributed by atoms with Crippen molar-refractivity contribution in [3.05, 3.63) is 48.0 Å². The Morgan fingerprint density at radius 2 is 1.90 bits per heavy atom. The molecular weight excluding hydrogens is 384 g/mol. The first kappa shape index (κ1) is 21.4. The second-order valence-electron chi connectivity index (χ2n) is 7.00. The quantitative estimate of drug-likeness (QED) is 0.502. The molecule has 30 heavy (non-hydrogen) atoms. The molecule has 0 aliphatic carbocycles. The topological polar surface area (TPSA) is 84.9 Å². The number of nitrogens with one attached hydrogen (secondary N) is 1. The van der Waals surface area contributed by atoms with Crippen molar-refractivity contribution in [1.29, 1.82) is 0 Å². The number of benzene rings is 2. The lowest BCUT2D eigenvalue weighted by molar-refractivity contribution is -0.123. The third-order valence-corrected chi connectivity index (χ3v) is 4.75. The summed E-state index contributed by atoms with van der Waals surface area (Å²) in [6.45, 7) is 4.21. The number of Topliss-reactive ketones (excluding diaryl/α,β-unsaturated/α-hetero) is 1. The van der Waals surface area contributed by atoms with E-state index in [0.29, 0.717) is 35.7 Å². The molecule has 0 radical (unpaired) electrons. The van der Waals surface area contributed by atoms with Gasteiger partial charge in [0.15, 0.2) is 12.4 Å². The maximum atomic E-state index is 12.6. The molecule has 0 aromatic heterocycles. The van der Waals surface area contributed by atoms with Crippen LogP contribution in [0.3, 0.4) is 0 Å². The minimum Gasteiger partial charge on any atom is -0.494 e. The maximum absolute atomic E-state index is 12.6. The predicted molar refractivity (Wildman–Crippen MR) is 114 cm³/mol. The number of ketones is 1. The maximum Gasteiger partial charge on any atom is 0.265 e. The minimum atomic E-state index is -0.344. The molecule has 7 nitrogen and oxygen atoms in total. The molecule has 1 N–H and O–H groups in total. The van der Waals surface area contributed by atoms with E-state index in [1.54, 1.807) is 49.4 Å². The summed E-state index contributed by atoms with van der Waals surface area (Å²) < 4.78 is 11.1. The monoisotopic (exact) mass is 410 g/mol. The highest BCUT2D eigenvalue weighted by molar-refractivity contribution is 6.06. The van der Waals surface area contributed by atoms with E-state index in [1.165, 1.54) is 4.90 Å². The molecule has 3 rings (SSSR count). The van der Waals surface area contributed by atoms with Crippen LogP contribution in [-0.4, -0.2) is 37.4 Å². The van der Waals surface area contributed by atoms with Gasteiger partial charge < -0.3 is 14.8 Å². The summed E-state index contributed by atoms with van der Waals surface area (Å²) >= 11 is 0. The Bertz CT molecular complexity index is 924. The SMILES string of the molecule is CCCCOc1ccc(NC(=O)CN2C(=O)COc3ccc(C(=O)CC)cc32)cc1. The summed E-state index contributed by atoms with van der Waals surface area (Å²) in [5.74, 6) is 0.499. The Hall–Kier alpha value is -3.35. The van der Waals surface area contributed by atoms with E-state index in [4.69, 9.17) is 9.47 Å². The zero-order valence-electron chi connectivity index (χ0n) is 17.3. The van der Waals surface area contributed by atoms with E-state index >= 15 is 0 Å². The van der Waals surface area contributed by atoms with Gasteiger partial charge in [-0.1, -0.05) is 20.3 Å². The van der Waals surface area contributed by atoms with Gasteiger partial charge in [0.1, 0.15) is 18.0 Å². The normalized spacial score (nSPS) is 12.7. The van der Waals surface area contributed by atoms with Crippen LogP contribution in [0.25, 0.3) is 0 Å². The zero-order valence-corrected chi connectivity index (χ0v) is 17.3. The third kappa shape index (κ3) is 5.17. The Kier molecular flexibility index (Phi) is 7.06. The van der Waals surface area contributed by atoms with E-state index in [2.05, 4.69) is 12.2 Å². The van der Waals surface area contributed by atoms with E-state index in [1.807, 2.05) is 0 Å². The fourth-order valence-corrected chi connectivity index (χ4v) is 3.07. The number of ether oxygens (including phenoxy) is 2. The Morgan fingerprint density at radius 3 is 2.60 bits per heavy atom. The Morgan fingerprint density at radius 1 is 1.13 bits per heavy atom. The highest BCUT2D eigenvalue weighted by Gasteiger charge is 2.28. The standard InChI is InChI=1S/C23H26N2O5/c1-3-5-12-29-18-9-7-17(8-10-18)24-22(27)14-25-19-13-16(20(26)4-2)6-11-21(19)30-15-23(25)28/h6-11,13H,3-5,12,14-15H2,1-2H3,(H,24,27). The van der Waals surface area contributed by atoms with Crippen LogP contribution >= 0.6 is 0 Å². The highest BCUT2D eigenvalue weighted by Crippen LogP contribution is 2.33. The van der Waals surface area contributed by atoms with Crippen LogP contribution in [0, 0.1) is 0 Å². The van der Waals surface area contributed by atoms with Gasteiger partial charge in [0.05, 0.1) is 12.3 Å². The van der Waals surface area contributed by atoms with Crippen molar-refractivity contribution in [3.63, 3.8) is 0 Å². The molecule has 0 fully saturated rings. The number of hydrogen-bond acceptors (Lipinski definition) is 5. The van der Waals surface area contributed by atoms with Gasteiger partial charge in [-0.3, -0.25) is 19.3 Å². The van der Waals surface area contributed by atoms with Crippen LogP contribution < -0.4 is 19.7 Å². The molecule has 0 unspecified atom stereocenters. The second-order valence-corrected chi connectivity index (χ2v) is 7.00. The molecule has 2 amide bonds. The number of amides is 2. The minimum absolute atomic E-state index is 0.0403. The summed E-state index contributed by atoms with van der Waals surface area (Å²) in [4.78, 5) is 38.3. The largest absolute Gasteiger partial charge is 0.494 e. The van der Waals surface area contributed by atoms with Gasteiger partial charge in [-0.15, -0.1) is 0 Å². The average Bonchev–Trinajstić information content (AvgIpc) is 2.76. The lowest BCUT2D eigenvalue weighted by atomic mass is 10.1. The molecule has 1 heterocycles. The van der Waals surface area contributed by atoms with E-state index in [0.717, 1.165) is 18.6 Å². The molecule has 1 aliphatic heterocycles. The molecule has 0 saturated heterocycles. The van der Waals surface area contributed by atoms with Crippen molar-refractivity contribution in [1.82, 2.24) is 0 Å². The fraction of sp³-hybridized carbons (Fsp3) is 0.348. The number of rotatable bonds is 9. The molecule has 7 heteroatoms. The average molecular weight is 410 g/mol. The van der Waals surface area contributed by atoms with Crippen LogP contribution in [0.5, 0.6) is 11.5 Å². The first-order valence-corrected chi connectivity index (χ1v) is 10.1. The number of unbranched alkanes of at least 4 members (excludes halogenated alkanes) is 1. The molecule has 0 spiro atoms. The summed E-state index contributed by atoms with van der Waals surface area (Å²) in [5.41, 5.74) is 1.53. The number of nitrogens with zero attached hydrogens (tertiary/aromatic N) is 1. The predicted octanol–water partition coefficient (Wildman–Crippen LogP) is 3.82. The summed E-state index contributed by atoms with van der Waals surface area (Å²) in [6.07, 6.45) is 2.40. The van der Waals surface area contributed by atoms with Gasteiger partial charge in [-0.2, -0.15) is 0 Å². The lowest BCUT2D eigenvalue weighted by Crippen LogP contribution is -2.43. The summed E-state index contributed by atoms with van der Waals surface area (Å²) in [5, 5.41) is 2.79. The van der Waals surface area contributed by atoms with Gasteiger partial charge in [-0.25, -0.2) is 0 Å². The number of carbonyl (C=O) groups excluding carboxylic acids is 3. The molecule has 0 bridgehead atoms. The molecule has 158 valence electrons. The first-order chi connectivity index (χ1) is 14.5. The molecule has 0 atom stereocenters. The highest BCUT2D eigenvalue weighted by atomic mass is 16.5. The number of hydrogen-bond donors (Lipinski definition) is 1. The number of fused-ring (bicyclic) bond motifs is 1. The Labute approximate surface area is 176 Å². The van der Waals surface area contributed by atoms with Crippen molar-refractivity contribution < 1.29 is 23.9 Å². The zero-order chi connectivity index (χ0) is 21.5. The van der Waals surface area contributed by atoms with Gasteiger partial charge >= 0.3 is 0 Å². The summed E-state index contributed by atoms with van der Waals surface area (Å²) in [7, 11) is 0. The van der Waals surface area contributed by atoms with Crippen LogP contribution in [0.2, 0.25) is 0 Å². The van der Waals surface area contributed by atoms with Crippen molar-refractivity contribution in [2.24, 2.45) is 0 Å². The van der Waals surface area contributed by atoms with Gasteiger partial charge in [0, 0.05) is 17.7 Å².